The largest absolute Gasteiger partial charge is 0.411 e. The van der Waals surface area contributed by atoms with Crippen molar-refractivity contribution in [3.8, 4) is 0 Å². The maximum absolute atomic E-state index is 12.1. The molecule has 19 heavy (non-hydrogen) atoms. The molecular formula is C11H12ClN3O3S. The van der Waals surface area contributed by atoms with Gasteiger partial charge in [0, 0.05) is 5.02 Å². The van der Waals surface area contributed by atoms with Gasteiger partial charge >= 0.3 is 5.22 Å². The van der Waals surface area contributed by atoms with Crippen molar-refractivity contribution in [3.63, 3.8) is 0 Å². The van der Waals surface area contributed by atoms with Gasteiger partial charge in [-0.15, -0.1) is 5.10 Å². The summed E-state index contributed by atoms with van der Waals surface area (Å²) in [6.07, 6.45) is 0. The van der Waals surface area contributed by atoms with Gasteiger partial charge in [-0.2, -0.15) is 0 Å². The van der Waals surface area contributed by atoms with E-state index in [1.165, 1.54) is 0 Å². The second-order valence-electron chi connectivity index (χ2n) is 4.08. The van der Waals surface area contributed by atoms with E-state index in [1.807, 2.05) is 0 Å². The average molecular weight is 302 g/mol. The normalized spacial score (nSPS) is 13.4. The van der Waals surface area contributed by atoms with Gasteiger partial charge in [0.05, 0.1) is 11.8 Å². The molecule has 0 radical (unpaired) electrons. The Kier molecular flexibility index (Phi) is 3.88. The first-order valence-corrected chi connectivity index (χ1v) is 7.48. The van der Waals surface area contributed by atoms with Crippen LogP contribution in [0.15, 0.2) is 33.9 Å². The van der Waals surface area contributed by atoms with Crippen molar-refractivity contribution in [1.29, 1.82) is 0 Å². The molecule has 2 N–H and O–H groups in total. The Balaban J connectivity index is 2.24. The Morgan fingerprint density at radius 1 is 1.32 bits per heavy atom. The first kappa shape index (κ1) is 14.0. The molecule has 1 heterocycles. The maximum Gasteiger partial charge on any atom is 0.335 e. The highest BCUT2D eigenvalue weighted by molar-refractivity contribution is 7.90. The third-order valence-corrected chi connectivity index (χ3v) is 4.01. The number of nitrogens with two attached hydrogens (primary N) is 1. The fraction of sp³-hybridized carbons (Fsp3) is 0.273. The fourth-order valence-corrected chi connectivity index (χ4v) is 2.65. The maximum atomic E-state index is 12.1. The predicted molar refractivity (Wildman–Crippen MR) is 69.2 cm³/mol. The molecule has 0 fully saturated rings. The van der Waals surface area contributed by atoms with Crippen LogP contribution >= 0.6 is 11.6 Å². The van der Waals surface area contributed by atoms with Gasteiger partial charge in [-0.1, -0.05) is 28.8 Å². The molecule has 0 saturated carbocycles. The van der Waals surface area contributed by atoms with E-state index < -0.39 is 21.1 Å². The van der Waals surface area contributed by atoms with Crippen molar-refractivity contribution in [2.75, 3.05) is 0 Å². The summed E-state index contributed by atoms with van der Waals surface area (Å²) in [4.78, 5) is 0. The van der Waals surface area contributed by atoms with E-state index in [9.17, 15) is 8.42 Å². The first-order chi connectivity index (χ1) is 8.88. The molecule has 1 unspecified atom stereocenters. The summed E-state index contributed by atoms with van der Waals surface area (Å²) in [5.41, 5.74) is 6.12. The third-order valence-electron chi connectivity index (χ3n) is 2.35. The average Bonchev–Trinajstić information content (AvgIpc) is 2.82. The van der Waals surface area contributed by atoms with Crippen LogP contribution in [-0.4, -0.2) is 18.6 Å². The zero-order chi connectivity index (χ0) is 14.0. The summed E-state index contributed by atoms with van der Waals surface area (Å²) in [6.45, 7) is 1.63. The number of benzene rings is 1. The molecule has 0 aliphatic rings. The van der Waals surface area contributed by atoms with E-state index in [0.717, 1.165) is 0 Å². The molecule has 1 aromatic carbocycles. The van der Waals surface area contributed by atoms with Crippen molar-refractivity contribution in [2.45, 2.75) is 23.9 Å². The monoisotopic (exact) mass is 301 g/mol. The zero-order valence-electron chi connectivity index (χ0n) is 10.1. The van der Waals surface area contributed by atoms with Gasteiger partial charge in [-0.25, -0.2) is 8.42 Å². The summed E-state index contributed by atoms with van der Waals surface area (Å²) in [5, 5.41) is 7.23. The van der Waals surface area contributed by atoms with Crippen LogP contribution in [0.5, 0.6) is 0 Å². The van der Waals surface area contributed by atoms with Crippen LogP contribution in [-0.2, 0) is 15.6 Å². The zero-order valence-corrected chi connectivity index (χ0v) is 11.6. The van der Waals surface area contributed by atoms with Crippen molar-refractivity contribution in [2.24, 2.45) is 5.73 Å². The first-order valence-electron chi connectivity index (χ1n) is 5.44. The van der Waals surface area contributed by atoms with Crippen molar-refractivity contribution in [3.05, 3.63) is 40.7 Å². The summed E-state index contributed by atoms with van der Waals surface area (Å²) >= 11 is 5.73. The lowest BCUT2D eigenvalue weighted by atomic mass is 10.2. The molecule has 0 saturated heterocycles. The highest BCUT2D eigenvalue weighted by atomic mass is 35.5. The summed E-state index contributed by atoms with van der Waals surface area (Å²) < 4.78 is 29.1. The van der Waals surface area contributed by atoms with Crippen molar-refractivity contribution < 1.29 is 12.8 Å². The molecule has 102 valence electrons. The summed E-state index contributed by atoms with van der Waals surface area (Å²) in [6, 6.07) is 5.99. The highest BCUT2D eigenvalue weighted by Gasteiger charge is 2.23. The molecule has 0 aliphatic heterocycles. The summed E-state index contributed by atoms with van der Waals surface area (Å²) in [7, 11) is -3.68. The molecule has 0 amide bonds. The molecule has 1 aromatic heterocycles. The molecule has 0 aliphatic carbocycles. The molecule has 0 spiro atoms. The van der Waals surface area contributed by atoms with Crippen LogP contribution < -0.4 is 5.73 Å². The number of aromatic nitrogens is 2. The minimum atomic E-state index is -3.68. The molecule has 6 nitrogen and oxygen atoms in total. The highest BCUT2D eigenvalue weighted by Crippen LogP contribution is 2.18. The van der Waals surface area contributed by atoms with Crippen molar-refractivity contribution in [1.82, 2.24) is 10.2 Å². The SMILES string of the molecule is CC(N)c1nnc(S(=O)(=O)Cc2ccc(Cl)cc2)o1. The van der Waals surface area contributed by atoms with Crippen LogP contribution in [0, 0.1) is 0 Å². The van der Waals surface area contributed by atoms with E-state index in [-0.39, 0.29) is 11.6 Å². The lowest BCUT2D eigenvalue weighted by molar-refractivity contribution is 0.380. The Morgan fingerprint density at radius 2 is 1.95 bits per heavy atom. The van der Waals surface area contributed by atoms with Crippen LogP contribution in [0.2, 0.25) is 5.02 Å². The number of hydrogen-bond acceptors (Lipinski definition) is 6. The number of halogens is 1. The Morgan fingerprint density at radius 3 is 2.47 bits per heavy atom. The number of rotatable bonds is 4. The lowest BCUT2D eigenvalue weighted by Crippen LogP contribution is -2.06. The van der Waals surface area contributed by atoms with Crippen LogP contribution in [0.25, 0.3) is 0 Å². The Bertz CT molecular complexity index is 665. The van der Waals surface area contributed by atoms with Crippen LogP contribution in [0.3, 0.4) is 0 Å². The number of hydrogen-bond donors (Lipinski definition) is 1. The Labute approximate surface area is 115 Å². The molecule has 2 rings (SSSR count). The molecular weight excluding hydrogens is 290 g/mol. The standard InChI is InChI=1S/C11H12ClN3O3S/c1-7(13)10-14-15-11(18-10)19(16,17)6-8-2-4-9(12)5-3-8/h2-5,7H,6,13H2,1H3. The minimum absolute atomic E-state index is 0.0923. The second-order valence-corrected chi connectivity index (χ2v) is 6.38. The molecule has 2 aromatic rings. The molecule has 1 atom stereocenters. The van der Waals surface area contributed by atoms with Gasteiger partial charge in [0.2, 0.25) is 15.7 Å². The quantitative estimate of drug-likeness (QED) is 0.923. The van der Waals surface area contributed by atoms with Gasteiger partial charge < -0.3 is 10.2 Å². The van der Waals surface area contributed by atoms with E-state index in [2.05, 4.69) is 10.2 Å². The Hall–Kier alpha value is -1.44. The molecule has 0 bridgehead atoms. The van der Waals surface area contributed by atoms with Gasteiger partial charge in [0.1, 0.15) is 0 Å². The lowest BCUT2D eigenvalue weighted by Gasteiger charge is -2.00. The van der Waals surface area contributed by atoms with E-state index in [4.69, 9.17) is 21.8 Å². The minimum Gasteiger partial charge on any atom is -0.411 e. The van der Waals surface area contributed by atoms with Gasteiger partial charge in [0.25, 0.3) is 0 Å². The van der Waals surface area contributed by atoms with E-state index >= 15 is 0 Å². The van der Waals surface area contributed by atoms with Gasteiger partial charge in [-0.05, 0) is 24.6 Å². The number of sulfone groups is 1. The van der Waals surface area contributed by atoms with E-state index in [0.29, 0.717) is 10.6 Å². The molecule has 8 heteroatoms. The third kappa shape index (κ3) is 3.31. The van der Waals surface area contributed by atoms with Crippen molar-refractivity contribution >= 4 is 21.4 Å². The summed E-state index contributed by atoms with van der Waals surface area (Å²) in [5.74, 6) is -0.139. The van der Waals surface area contributed by atoms with Crippen LogP contribution in [0.1, 0.15) is 24.4 Å². The van der Waals surface area contributed by atoms with E-state index in [1.54, 1.807) is 31.2 Å². The van der Waals surface area contributed by atoms with Gasteiger partial charge in [-0.3, -0.25) is 0 Å². The number of nitrogens with zero attached hydrogens (tertiary/aromatic N) is 2. The topological polar surface area (TPSA) is 99.1 Å². The second kappa shape index (κ2) is 5.28. The van der Waals surface area contributed by atoms with Gasteiger partial charge in [0.15, 0.2) is 0 Å². The smallest absolute Gasteiger partial charge is 0.335 e. The van der Waals surface area contributed by atoms with Crippen LogP contribution in [0.4, 0.5) is 0 Å². The fourth-order valence-electron chi connectivity index (χ4n) is 1.39. The predicted octanol–water partition coefficient (Wildman–Crippen LogP) is 1.72.